The summed E-state index contributed by atoms with van der Waals surface area (Å²) in [7, 11) is 1.63. The first-order valence-corrected chi connectivity index (χ1v) is 8.39. The van der Waals surface area contributed by atoms with Crippen LogP contribution in [0.5, 0.6) is 0 Å². The fourth-order valence-electron chi connectivity index (χ4n) is 2.96. The smallest absolute Gasteiger partial charge is 0.243 e. The molecule has 0 aromatic carbocycles. The van der Waals surface area contributed by atoms with Gasteiger partial charge in [-0.15, -0.1) is 0 Å². The van der Waals surface area contributed by atoms with Crippen LogP contribution in [-0.4, -0.2) is 13.0 Å². The summed E-state index contributed by atoms with van der Waals surface area (Å²) in [6.07, 6.45) is 15.8. The minimum absolute atomic E-state index is 0.0744. The van der Waals surface area contributed by atoms with Crippen LogP contribution in [0.3, 0.4) is 0 Å². The molecule has 0 unspecified atom stereocenters. The van der Waals surface area contributed by atoms with Gasteiger partial charge in [0, 0.05) is 13.1 Å². The third-order valence-electron chi connectivity index (χ3n) is 4.38. The van der Waals surface area contributed by atoms with Gasteiger partial charge in [0.2, 0.25) is 5.91 Å². The van der Waals surface area contributed by atoms with Gasteiger partial charge in [-0.05, 0) is 56.6 Å². The summed E-state index contributed by atoms with van der Waals surface area (Å²) in [5.74, 6) is -0.0744. The maximum atomic E-state index is 11.2. The Hall–Kier alpha value is -1.83. The molecule has 23 heavy (non-hydrogen) atoms. The summed E-state index contributed by atoms with van der Waals surface area (Å²) in [4.78, 5) is 11.2. The third kappa shape index (κ3) is 6.43. The highest BCUT2D eigenvalue weighted by molar-refractivity contribution is 5.88. The quantitative estimate of drug-likeness (QED) is 0.544. The molecule has 126 valence electrons. The number of hydrogen-bond donors (Lipinski definition) is 1. The highest BCUT2D eigenvalue weighted by Gasteiger charge is 2.26. The molecule has 0 radical (unpaired) electrons. The molecule has 0 aliphatic heterocycles. The van der Waals surface area contributed by atoms with Crippen LogP contribution in [0.25, 0.3) is 0 Å². The third-order valence-corrected chi connectivity index (χ3v) is 4.38. The van der Waals surface area contributed by atoms with E-state index in [2.05, 4.69) is 51.2 Å². The Balaban J connectivity index is 2.77. The molecular weight excluding hydrogens is 282 g/mol. The van der Waals surface area contributed by atoms with Crippen molar-refractivity contribution in [2.24, 2.45) is 5.41 Å². The molecule has 0 heterocycles. The Morgan fingerprint density at radius 2 is 1.87 bits per heavy atom. The molecule has 2 heteroatoms. The molecule has 0 fully saturated rings. The van der Waals surface area contributed by atoms with E-state index < -0.39 is 0 Å². The van der Waals surface area contributed by atoms with Crippen molar-refractivity contribution in [1.82, 2.24) is 5.32 Å². The van der Waals surface area contributed by atoms with E-state index in [9.17, 15) is 4.79 Å². The monoisotopic (exact) mass is 313 g/mol. The lowest BCUT2D eigenvalue weighted by molar-refractivity contribution is -0.116. The molecule has 1 aliphatic rings. The second-order valence-corrected chi connectivity index (χ2v) is 7.04. The predicted octanol–water partition coefficient (Wildman–Crippen LogP) is 5.26. The van der Waals surface area contributed by atoms with Gasteiger partial charge < -0.3 is 5.32 Å². The minimum Gasteiger partial charge on any atom is -0.356 e. The second kappa shape index (κ2) is 8.71. The van der Waals surface area contributed by atoms with Crippen molar-refractivity contribution in [3.8, 4) is 0 Å². The number of hydrogen-bond acceptors (Lipinski definition) is 1. The van der Waals surface area contributed by atoms with Crippen LogP contribution >= 0.6 is 0 Å². The maximum absolute atomic E-state index is 11.2. The van der Waals surface area contributed by atoms with Gasteiger partial charge >= 0.3 is 0 Å². The van der Waals surface area contributed by atoms with Crippen LogP contribution < -0.4 is 5.32 Å². The first kappa shape index (κ1) is 19.2. The van der Waals surface area contributed by atoms with Gasteiger partial charge in [0.05, 0.1) is 0 Å². The van der Waals surface area contributed by atoms with Gasteiger partial charge in [-0.25, -0.2) is 0 Å². The van der Waals surface area contributed by atoms with Gasteiger partial charge in [-0.3, -0.25) is 4.79 Å². The largest absolute Gasteiger partial charge is 0.356 e. The molecular formula is C21H31NO. The van der Waals surface area contributed by atoms with Crippen LogP contribution in [0.4, 0.5) is 0 Å². The average molecular weight is 313 g/mol. The number of carbonyl (C=O) groups excluding carboxylic acids is 1. The fraction of sp³-hybridized carbons (Fsp3) is 0.476. The lowest BCUT2D eigenvalue weighted by Gasteiger charge is -2.32. The van der Waals surface area contributed by atoms with E-state index >= 15 is 0 Å². The molecule has 0 atom stereocenters. The van der Waals surface area contributed by atoms with Crippen molar-refractivity contribution in [1.29, 1.82) is 0 Å². The average Bonchev–Trinajstić information content (AvgIpc) is 2.45. The predicted molar refractivity (Wildman–Crippen MR) is 100 cm³/mol. The summed E-state index contributed by atoms with van der Waals surface area (Å²) in [6, 6.07) is 0. The summed E-state index contributed by atoms with van der Waals surface area (Å²) in [5.41, 5.74) is 5.42. The van der Waals surface area contributed by atoms with E-state index in [0.29, 0.717) is 0 Å². The highest BCUT2D eigenvalue weighted by Crippen LogP contribution is 2.40. The molecule has 2 nitrogen and oxygen atoms in total. The van der Waals surface area contributed by atoms with Crippen LogP contribution in [-0.2, 0) is 4.79 Å². The molecule has 0 saturated heterocycles. The molecule has 0 aromatic heterocycles. The molecule has 1 rings (SSSR count). The van der Waals surface area contributed by atoms with Gasteiger partial charge in [0.25, 0.3) is 0 Å². The molecule has 0 aromatic rings. The van der Waals surface area contributed by atoms with Gasteiger partial charge in [0.1, 0.15) is 0 Å². The lowest BCUT2D eigenvalue weighted by Crippen LogP contribution is -2.19. The zero-order valence-electron chi connectivity index (χ0n) is 15.5. The van der Waals surface area contributed by atoms with Crippen molar-refractivity contribution >= 4 is 5.91 Å². The molecule has 0 spiro atoms. The lowest BCUT2D eigenvalue weighted by atomic mass is 9.72. The minimum atomic E-state index is -0.0744. The van der Waals surface area contributed by atoms with Gasteiger partial charge in [-0.1, -0.05) is 55.4 Å². The molecule has 1 aliphatic carbocycles. The standard InChI is InChI=1S/C21H31NO/c1-16(9-7-10-17(2)15-20(23)22-6)12-13-19-18(3)11-8-14-21(19,4)5/h7,9-10,12-13,15H,8,11,14H2,1-6H3,(H,22,23). The van der Waals surface area contributed by atoms with Crippen molar-refractivity contribution in [2.45, 2.75) is 53.9 Å². The van der Waals surface area contributed by atoms with Gasteiger partial charge in [-0.2, -0.15) is 0 Å². The van der Waals surface area contributed by atoms with Crippen LogP contribution in [0.2, 0.25) is 0 Å². The fourth-order valence-corrected chi connectivity index (χ4v) is 2.96. The summed E-state index contributed by atoms with van der Waals surface area (Å²) in [6.45, 7) is 10.9. The Labute approximate surface area is 141 Å². The molecule has 1 N–H and O–H groups in total. The maximum Gasteiger partial charge on any atom is 0.243 e. The summed E-state index contributed by atoms with van der Waals surface area (Å²) >= 11 is 0. The van der Waals surface area contributed by atoms with Crippen molar-refractivity contribution in [3.63, 3.8) is 0 Å². The van der Waals surface area contributed by atoms with Crippen molar-refractivity contribution in [3.05, 3.63) is 58.7 Å². The zero-order chi connectivity index (χ0) is 17.5. The number of amides is 1. The van der Waals surface area contributed by atoms with E-state index in [1.54, 1.807) is 13.1 Å². The van der Waals surface area contributed by atoms with E-state index in [1.807, 2.05) is 19.1 Å². The SMILES string of the molecule is CNC(=O)C=C(C)C=CC=C(C)C=CC1=C(C)CCCC1(C)C. The first-order valence-electron chi connectivity index (χ1n) is 8.39. The van der Waals surface area contributed by atoms with E-state index in [0.717, 1.165) is 5.57 Å². The number of likely N-dealkylation sites (N-methyl/N-ethyl adjacent to an activating group) is 1. The Kier molecular flexibility index (Phi) is 7.28. The van der Waals surface area contributed by atoms with Crippen LogP contribution in [0.1, 0.15) is 53.9 Å². The van der Waals surface area contributed by atoms with E-state index in [1.165, 1.54) is 36.0 Å². The van der Waals surface area contributed by atoms with E-state index in [-0.39, 0.29) is 11.3 Å². The summed E-state index contributed by atoms with van der Waals surface area (Å²) < 4.78 is 0. The number of nitrogens with one attached hydrogen (secondary N) is 1. The number of rotatable bonds is 5. The topological polar surface area (TPSA) is 29.1 Å². The Bertz CT molecular complexity index is 583. The normalized spacial score (nSPS) is 19.7. The van der Waals surface area contributed by atoms with Crippen molar-refractivity contribution < 1.29 is 4.79 Å². The molecule has 0 saturated carbocycles. The van der Waals surface area contributed by atoms with E-state index in [4.69, 9.17) is 0 Å². The first-order chi connectivity index (χ1) is 10.8. The Morgan fingerprint density at radius 1 is 1.17 bits per heavy atom. The zero-order valence-corrected chi connectivity index (χ0v) is 15.5. The van der Waals surface area contributed by atoms with Gasteiger partial charge in [0.15, 0.2) is 0 Å². The van der Waals surface area contributed by atoms with Crippen LogP contribution in [0.15, 0.2) is 58.7 Å². The molecule has 0 bridgehead atoms. The second-order valence-electron chi connectivity index (χ2n) is 7.04. The molecule has 1 amide bonds. The highest BCUT2D eigenvalue weighted by atomic mass is 16.1. The van der Waals surface area contributed by atoms with Crippen LogP contribution in [0, 0.1) is 5.41 Å². The number of carbonyl (C=O) groups is 1. The van der Waals surface area contributed by atoms with Crippen molar-refractivity contribution in [2.75, 3.05) is 7.05 Å². The summed E-state index contributed by atoms with van der Waals surface area (Å²) in [5, 5.41) is 2.58. The number of allylic oxidation sites excluding steroid dienone is 9. The Morgan fingerprint density at radius 3 is 2.48 bits per heavy atom.